The normalized spacial score (nSPS) is 13.0. The van der Waals surface area contributed by atoms with E-state index in [4.69, 9.17) is 4.98 Å². The summed E-state index contributed by atoms with van der Waals surface area (Å²) >= 11 is 0. The second kappa shape index (κ2) is 4.98. The molecule has 1 atom stereocenters. The van der Waals surface area contributed by atoms with Gasteiger partial charge in [0.05, 0.1) is 11.7 Å². The number of aromatic amines is 2. The number of aryl methyl sites for hydroxylation is 1. The summed E-state index contributed by atoms with van der Waals surface area (Å²) in [4.78, 5) is 15.7. The van der Waals surface area contributed by atoms with E-state index in [0.29, 0.717) is 5.92 Å². The molecule has 4 heterocycles. The van der Waals surface area contributed by atoms with Gasteiger partial charge in [-0.2, -0.15) is 0 Å². The first-order valence-corrected chi connectivity index (χ1v) is 7.57. The number of hydrogen-bond donors (Lipinski definition) is 2. The number of H-pyrrole nitrogens is 2. The summed E-state index contributed by atoms with van der Waals surface area (Å²) < 4.78 is 0. The Bertz CT molecular complexity index is 948. The number of fused-ring (bicyclic) bond motifs is 2. The van der Waals surface area contributed by atoms with E-state index >= 15 is 0 Å². The molecule has 0 amide bonds. The summed E-state index contributed by atoms with van der Waals surface area (Å²) in [5, 5.41) is 2.38. The van der Waals surface area contributed by atoms with Gasteiger partial charge >= 0.3 is 0 Å². The van der Waals surface area contributed by atoms with Crippen molar-refractivity contribution in [2.24, 2.45) is 0 Å². The van der Waals surface area contributed by atoms with E-state index in [9.17, 15) is 0 Å². The lowest BCUT2D eigenvalue weighted by molar-refractivity contribution is 0.723. The molecule has 4 aromatic heterocycles. The highest BCUT2D eigenvalue weighted by atomic mass is 14.9. The number of nitrogens with zero attached hydrogens (tertiary/aromatic N) is 2. The first-order chi connectivity index (χ1) is 10.7. The Hall–Kier alpha value is -2.62. The molecule has 22 heavy (non-hydrogen) atoms. The highest BCUT2D eigenvalue weighted by Gasteiger charge is 2.11. The second-order valence-electron chi connectivity index (χ2n) is 5.96. The maximum Gasteiger partial charge on any atom is 0.137 e. The maximum atomic E-state index is 4.72. The first-order valence-electron chi connectivity index (χ1n) is 7.57. The Morgan fingerprint density at radius 1 is 1.14 bits per heavy atom. The fourth-order valence-corrected chi connectivity index (χ4v) is 2.97. The van der Waals surface area contributed by atoms with Crippen LogP contribution in [0.15, 0.2) is 42.7 Å². The second-order valence-corrected chi connectivity index (χ2v) is 5.96. The van der Waals surface area contributed by atoms with Crippen molar-refractivity contribution in [2.45, 2.75) is 26.2 Å². The van der Waals surface area contributed by atoms with Crippen molar-refractivity contribution >= 4 is 21.9 Å². The predicted octanol–water partition coefficient (Wildman–Crippen LogP) is 4.09. The van der Waals surface area contributed by atoms with Crippen molar-refractivity contribution < 1.29 is 0 Å². The van der Waals surface area contributed by atoms with Gasteiger partial charge in [0.1, 0.15) is 5.65 Å². The molecule has 0 aliphatic carbocycles. The Labute approximate surface area is 128 Å². The highest BCUT2D eigenvalue weighted by Crippen LogP contribution is 2.23. The van der Waals surface area contributed by atoms with Gasteiger partial charge in [0.2, 0.25) is 0 Å². The first kappa shape index (κ1) is 13.1. The van der Waals surface area contributed by atoms with Crippen molar-refractivity contribution in [1.29, 1.82) is 0 Å². The lowest BCUT2D eigenvalue weighted by Crippen LogP contribution is -2.01. The van der Waals surface area contributed by atoms with Gasteiger partial charge in [0, 0.05) is 40.0 Å². The molecule has 1 unspecified atom stereocenters. The van der Waals surface area contributed by atoms with Crippen molar-refractivity contribution in [3.05, 3.63) is 59.8 Å². The average molecular weight is 290 g/mol. The number of hydrogen-bond acceptors (Lipinski definition) is 2. The number of pyridine rings is 2. The smallest absolute Gasteiger partial charge is 0.137 e. The number of nitrogens with one attached hydrogen (secondary N) is 2. The molecule has 4 rings (SSSR count). The molecule has 0 saturated heterocycles. The third-order valence-corrected chi connectivity index (χ3v) is 4.16. The molecule has 2 N–H and O–H groups in total. The molecule has 0 bridgehead atoms. The molecule has 0 fully saturated rings. The van der Waals surface area contributed by atoms with Crippen LogP contribution in [0.2, 0.25) is 0 Å². The van der Waals surface area contributed by atoms with Crippen molar-refractivity contribution in [3.63, 3.8) is 0 Å². The third-order valence-electron chi connectivity index (χ3n) is 4.16. The van der Waals surface area contributed by atoms with Crippen LogP contribution in [0.4, 0.5) is 0 Å². The van der Waals surface area contributed by atoms with Gasteiger partial charge in [-0.05, 0) is 43.7 Å². The average Bonchev–Trinajstić information content (AvgIpc) is 3.11. The van der Waals surface area contributed by atoms with Crippen LogP contribution in [0.1, 0.15) is 29.9 Å². The fourth-order valence-electron chi connectivity index (χ4n) is 2.97. The molecule has 0 spiro atoms. The van der Waals surface area contributed by atoms with Gasteiger partial charge < -0.3 is 9.97 Å². The molecule has 0 saturated carbocycles. The third kappa shape index (κ3) is 2.26. The SMILES string of the molecule is Cc1cc2cc(CC(C)c3ccc4cc[nH]c4n3)[nH]c2cn1. The zero-order valence-electron chi connectivity index (χ0n) is 12.7. The summed E-state index contributed by atoms with van der Waals surface area (Å²) in [6.07, 6.45) is 4.77. The van der Waals surface area contributed by atoms with E-state index in [1.165, 1.54) is 11.1 Å². The lowest BCUT2D eigenvalue weighted by atomic mass is 10.0. The van der Waals surface area contributed by atoms with E-state index in [1.54, 1.807) is 0 Å². The van der Waals surface area contributed by atoms with E-state index < -0.39 is 0 Å². The van der Waals surface area contributed by atoms with Crippen molar-refractivity contribution in [3.8, 4) is 0 Å². The summed E-state index contributed by atoms with van der Waals surface area (Å²) in [5.74, 6) is 0.356. The molecule has 110 valence electrons. The quantitative estimate of drug-likeness (QED) is 0.597. The van der Waals surface area contributed by atoms with Gasteiger partial charge in [-0.3, -0.25) is 4.98 Å². The number of rotatable bonds is 3. The van der Waals surface area contributed by atoms with Crippen LogP contribution < -0.4 is 0 Å². The molecule has 4 aromatic rings. The fraction of sp³-hybridized carbons (Fsp3) is 0.222. The molecular formula is C18H18N4. The Morgan fingerprint density at radius 3 is 2.95 bits per heavy atom. The Balaban J connectivity index is 1.62. The topological polar surface area (TPSA) is 57.4 Å². The molecule has 4 heteroatoms. The Kier molecular flexibility index (Phi) is 2.96. The molecular weight excluding hydrogens is 272 g/mol. The highest BCUT2D eigenvalue weighted by molar-refractivity contribution is 5.80. The van der Waals surface area contributed by atoms with E-state index in [0.717, 1.165) is 34.4 Å². The largest absolute Gasteiger partial charge is 0.357 e. The van der Waals surface area contributed by atoms with Crippen LogP contribution in [0, 0.1) is 6.92 Å². The minimum atomic E-state index is 0.356. The molecule has 0 aliphatic heterocycles. The summed E-state index contributed by atoms with van der Waals surface area (Å²) in [6.45, 7) is 4.23. The molecule has 4 nitrogen and oxygen atoms in total. The van der Waals surface area contributed by atoms with Gasteiger partial charge in [-0.1, -0.05) is 6.92 Å². The van der Waals surface area contributed by atoms with E-state index in [1.807, 2.05) is 25.4 Å². The van der Waals surface area contributed by atoms with E-state index in [-0.39, 0.29) is 0 Å². The van der Waals surface area contributed by atoms with Crippen molar-refractivity contribution in [1.82, 2.24) is 19.9 Å². The molecule has 0 radical (unpaired) electrons. The van der Waals surface area contributed by atoms with Crippen LogP contribution >= 0.6 is 0 Å². The summed E-state index contributed by atoms with van der Waals surface area (Å²) in [6, 6.07) is 10.6. The molecule has 0 aromatic carbocycles. The zero-order chi connectivity index (χ0) is 15.1. The van der Waals surface area contributed by atoms with Gasteiger partial charge in [0.25, 0.3) is 0 Å². The summed E-state index contributed by atoms with van der Waals surface area (Å²) in [7, 11) is 0. The predicted molar refractivity (Wildman–Crippen MR) is 89.0 cm³/mol. The zero-order valence-corrected chi connectivity index (χ0v) is 12.7. The maximum absolute atomic E-state index is 4.72. The van der Waals surface area contributed by atoms with E-state index in [2.05, 4.69) is 46.1 Å². The minimum absolute atomic E-state index is 0.356. The van der Waals surface area contributed by atoms with Crippen LogP contribution in [-0.2, 0) is 6.42 Å². The standard InChI is InChI=1S/C18H18N4/c1-11(16-4-3-13-5-6-19-18(13)22-16)7-15-9-14-8-12(2)20-10-17(14)21-15/h3-6,8-11,21H,7H2,1-2H3,(H,19,22). The Morgan fingerprint density at radius 2 is 2.05 bits per heavy atom. The van der Waals surface area contributed by atoms with Crippen LogP contribution in [-0.4, -0.2) is 19.9 Å². The van der Waals surface area contributed by atoms with Gasteiger partial charge in [-0.15, -0.1) is 0 Å². The van der Waals surface area contributed by atoms with Gasteiger partial charge in [0.15, 0.2) is 0 Å². The number of aromatic nitrogens is 4. The van der Waals surface area contributed by atoms with Crippen LogP contribution in [0.5, 0.6) is 0 Å². The summed E-state index contributed by atoms with van der Waals surface area (Å²) in [5.41, 5.74) is 5.44. The molecule has 0 aliphatic rings. The van der Waals surface area contributed by atoms with Crippen LogP contribution in [0.3, 0.4) is 0 Å². The monoisotopic (exact) mass is 290 g/mol. The lowest BCUT2D eigenvalue weighted by Gasteiger charge is -2.09. The minimum Gasteiger partial charge on any atom is -0.357 e. The van der Waals surface area contributed by atoms with Gasteiger partial charge in [-0.25, -0.2) is 4.98 Å². The van der Waals surface area contributed by atoms with Crippen LogP contribution in [0.25, 0.3) is 21.9 Å². The van der Waals surface area contributed by atoms with Crippen molar-refractivity contribution in [2.75, 3.05) is 0 Å².